The van der Waals surface area contributed by atoms with E-state index >= 15 is 0 Å². The molecule has 0 radical (unpaired) electrons. The first-order chi connectivity index (χ1) is 8.08. The summed E-state index contributed by atoms with van der Waals surface area (Å²) in [6.45, 7) is 0. The van der Waals surface area contributed by atoms with Crippen molar-refractivity contribution < 1.29 is 19.2 Å². The molecule has 0 aromatic heterocycles. The molecule has 0 amide bonds. The smallest absolute Gasteiger partial charge is 0.315 e. The molecule has 0 unspecified atom stereocenters. The Morgan fingerprint density at radius 3 is 2.71 bits per heavy atom. The largest absolute Gasteiger partial charge is 0.496 e. The van der Waals surface area contributed by atoms with Crippen LogP contribution in [0.5, 0.6) is 5.75 Å². The molecule has 0 heterocycles. The molecule has 0 N–H and O–H groups in total. The van der Waals surface area contributed by atoms with E-state index in [1.807, 2.05) is 0 Å². The van der Waals surface area contributed by atoms with E-state index in [4.69, 9.17) is 4.74 Å². The number of esters is 1. The maximum atomic E-state index is 11.0. The van der Waals surface area contributed by atoms with Crippen molar-refractivity contribution in [1.29, 1.82) is 0 Å². The van der Waals surface area contributed by atoms with Crippen LogP contribution >= 0.6 is 11.8 Å². The van der Waals surface area contributed by atoms with Gasteiger partial charge in [-0.15, -0.1) is 11.8 Å². The molecule has 6 nitrogen and oxygen atoms in total. The Hall–Kier alpha value is -1.76. The molecule has 1 rings (SSSR count). The molecule has 0 aliphatic carbocycles. The summed E-state index contributed by atoms with van der Waals surface area (Å²) in [5.41, 5.74) is -0.0434. The number of benzene rings is 1. The fraction of sp³-hybridized carbons (Fsp3) is 0.300. The number of ether oxygens (including phenoxy) is 2. The Morgan fingerprint density at radius 2 is 2.18 bits per heavy atom. The molecular weight excluding hydrogens is 246 g/mol. The molecule has 17 heavy (non-hydrogen) atoms. The molecule has 0 aliphatic rings. The van der Waals surface area contributed by atoms with Gasteiger partial charge in [0.1, 0.15) is 5.75 Å². The van der Waals surface area contributed by atoms with Crippen LogP contribution in [0.25, 0.3) is 0 Å². The molecule has 0 fully saturated rings. The normalized spacial score (nSPS) is 9.76. The number of rotatable bonds is 5. The number of nitrogens with zero attached hydrogens (tertiary/aromatic N) is 1. The Kier molecular flexibility index (Phi) is 4.77. The van der Waals surface area contributed by atoms with Crippen molar-refractivity contribution in [2.75, 3.05) is 20.0 Å². The molecule has 1 aromatic carbocycles. The van der Waals surface area contributed by atoms with E-state index in [0.29, 0.717) is 10.6 Å². The fourth-order valence-corrected chi connectivity index (χ4v) is 1.98. The second-order valence-electron chi connectivity index (χ2n) is 2.96. The number of thioether (sulfide) groups is 1. The number of carbonyl (C=O) groups is 1. The van der Waals surface area contributed by atoms with Crippen LogP contribution in [0.4, 0.5) is 5.69 Å². The number of carbonyl (C=O) groups excluding carboxylic acids is 1. The Labute approximate surface area is 102 Å². The number of hydrogen-bond acceptors (Lipinski definition) is 6. The Morgan fingerprint density at radius 1 is 1.47 bits per heavy atom. The molecule has 0 aliphatic heterocycles. The summed E-state index contributed by atoms with van der Waals surface area (Å²) in [5, 5.41) is 10.6. The summed E-state index contributed by atoms with van der Waals surface area (Å²) in [6.07, 6.45) is 0. The maximum Gasteiger partial charge on any atom is 0.315 e. The zero-order valence-corrected chi connectivity index (χ0v) is 10.2. The van der Waals surface area contributed by atoms with Gasteiger partial charge in [0.15, 0.2) is 0 Å². The highest BCUT2D eigenvalue weighted by atomic mass is 32.2. The van der Waals surface area contributed by atoms with E-state index in [1.54, 1.807) is 0 Å². The van der Waals surface area contributed by atoms with Crippen molar-refractivity contribution >= 4 is 23.4 Å². The van der Waals surface area contributed by atoms with Gasteiger partial charge in [-0.25, -0.2) is 0 Å². The Bertz CT molecular complexity index is 435. The van der Waals surface area contributed by atoms with Gasteiger partial charge in [0.2, 0.25) is 0 Å². The lowest BCUT2D eigenvalue weighted by Gasteiger charge is -2.06. The van der Waals surface area contributed by atoms with Crippen LogP contribution in [0.3, 0.4) is 0 Å². The summed E-state index contributed by atoms with van der Waals surface area (Å²) >= 11 is 1.13. The van der Waals surface area contributed by atoms with Gasteiger partial charge >= 0.3 is 5.97 Å². The molecule has 7 heteroatoms. The monoisotopic (exact) mass is 257 g/mol. The number of methoxy groups -OCH3 is 2. The summed E-state index contributed by atoms with van der Waals surface area (Å²) < 4.78 is 9.54. The summed E-state index contributed by atoms with van der Waals surface area (Å²) in [6, 6.07) is 4.21. The summed E-state index contributed by atoms with van der Waals surface area (Å²) in [4.78, 5) is 21.6. The van der Waals surface area contributed by atoms with Crippen molar-refractivity contribution in [3.63, 3.8) is 0 Å². The Balaban J connectivity index is 2.90. The quantitative estimate of drug-likeness (QED) is 0.347. The topological polar surface area (TPSA) is 78.7 Å². The van der Waals surface area contributed by atoms with Crippen LogP contribution in [0.1, 0.15) is 0 Å². The predicted octanol–water partition coefficient (Wildman–Crippen LogP) is 1.87. The average Bonchev–Trinajstić information content (AvgIpc) is 2.35. The third-order valence-electron chi connectivity index (χ3n) is 1.93. The minimum Gasteiger partial charge on any atom is -0.496 e. The van der Waals surface area contributed by atoms with Gasteiger partial charge in [0.05, 0.1) is 29.8 Å². The van der Waals surface area contributed by atoms with Crippen molar-refractivity contribution in [3.05, 3.63) is 28.3 Å². The van der Waals surface area contributed by atoms with E-state index in [-0.39, 0.29) is 11.4 Å². The minimum atomic E-state index is -0.498. The van der Waals surface area contributed by atoms with Gasteiger partial charge in [-0.1, -0.05) is 0 Å². The number of nitro groups is 1. The molecule has 0 saturated carbocycles. The van der Waals surface area contributed by atoms with Gasteiger partial charge in [-0.3, -0.25) is 14.9 Å². The lowest BCUT2D eigenvalue weighted by atomic mass is 10.3. The third kappa shape index (κ3) is 3.63. The average molecular weight is 257 g/mol. The highest BCUT2D eigenvalue weighted by Crippen LogP contribution is 2.32. The van der Waals surface area contributed by atoms with Gasteiger partial charge in [-0.05, 0) is 6.07 Å². The lowest BCUT2D eigenvalue weighted by molar-refractivity contribution is -0.385. The predicted molar refractivity (Wildman–Crippen MR) is 62.4 cm³/mol. The second-order valence-corrected chi connectivity index (χ2v) is 3.97. The van der Waals surface area contributed by atoms with E-state index in [9.17, 15) is 14.9 Å². The van der Waals surface area contributed by atoms with E-state index in [2.05, 4.69) is 4.74 Å². The highest BCUT2D eigenvalue weighted by Gasteiger charge is 2.13. The van der Waals surface area contributed by atoms with Crippen molar-refractivity contribution in [1.82, 2.24) is 0 Å². The fourth-order valence-electron chi connectivity index (χ4n) is 1.09. The number of non-ortho nitro benzene ring substituents is 1. The van der Waals surface area contributed by atoms with Gasteiger partial charge in [-0.2, -0.15) is 0 Å². The van der Waals surface area contributed by atoms with Gasteiger partial charge in [0.25, 0.3) is 5.69 Å². The second kappa shape index (κ2) is 6.09. The molecular formula is C10H11NO5S. The van der Waals surface area contributed by atoms with Crippen molar-refractivity contribution in [2.24, 2.45) is 0 Å². The zero-order chi connectivity index (χ0) is 12.8. The minimum absolute atomic E-state index is 0.0434. The molecule has 0 saturated heterocycles. The summed E-state index contributed by atoms with van der Waals surface area (Å²) in [5.74, 6) is 0.168. The van der Waals surface area contributed by atoms with Gasteiger partial charge in [0, 0.05) is 12.1 Å². The van der Waals surface area contributed by atoms with Crippen LogP contribution in [0, 0.1) is 10.1 Å². The van der Waals surface area contributed by atoms with Crippen LogP contribution in [0.2, 0.25) is 0 Å². The molecule has 0 spiro atoms. The molecule has 0 bridgehead atoms. The van der Waals surface area contributed by atoms with Crippen LogP contribution < -0.4 is 4.74 Å². The van der Waals surface area contributed by atoms with E-state index < -0.39 is 10.9 Å². The number of nitro benzene ring substituents is 1. The van der Waals surface area contributed by atoms with E-state index in [0.717, 1.165) is 11.8 Å². The molecule has 1 aromatic rings. The van der Waals surface area contributed by atoms with E-state index in [1.165, 1.54) is 32.4 Å². The van der Waals surface area contributed by atoms with Crippen molar-refractivity contribution in [2.45, 2.75) is 4.90 Å². The molecule has 0 atom stereocenters. The maximum absolute atomic E-state index is 11.0. The first kappa shape index (κ1) is 13.3. The SMILES string of the molecule is COC(=O)CSc1cc([N+](=O)[O-])ccc1OC. The van der Waals surface area contributed by atoms with Crippen LogP contribution in [-0.4, -0.2) is 30.9 Å². The van der Waals surface area contributed by atoms with Crippen LogP contribution in [0.15, 0.2) is 23.1 Å². The van der Waals surface area contributed by atoms with Crippen LogP contribution in [-0.2, 0) is 9.53 Å². The first-order valence-electron chi connectivity index (χ1n) is 4.60. The molecule has 92 valence electrons. The standard InChI is InChI=1S/C10H11NO5S/c1-15-8-4-3-7(11(13)14)5-9(8)17-6-10(12)16-2/h3-5H,6H2,1-2H3. The van der Waals surface area contributed by atoms with Gasteiger partial charge < -0.3 is 9.47 Å². The lowest BCUT2D eigenvalue weighted by Crippen LogP contribution is -2.03. The summed E-state index contributed by atoms with van der Waals surface area (Å²) in [7, 11) is 2.75. The van der Waals surface area contributed by atoms with Crippen molar-refractivity contribution in [3.8, 4) is 5.75 Å². The number of hydrogen-bond donors (Lipinski definition) is 0. The zero-order valence-electron chi connectivity index (χ0n) is 9.34. The third-order valence-corrected chi connectivity index (χ3v) is 2.94. The first-order valence-corrected chi connectivity index (χ1v) is 5.59. The highest BCUT2D eigenvalue weighted by molar-refractivity contribution is 8.00.